The molecule has 1 aromatic carbocycles. The van der Waals surface area contributed by atoms with E-state index in [9.17, 15) is 9.90 Å². The number of rotatable bonds is 10. The second-order valence-corrected chi connectivity index (χ2v) is 7.20. The number of hydrogen-bond donors (Lipinski definition) is 1. The number of unbranched alkanes of at least 4 members (excludes halogenated alkanes) is 1. The molecule has 0 aliphatic carbocycles. The Morgan fingerprint density at radius 3 is 2.55 bits per heavy atom. The lowest BCUT2D eigenvalue weighted by molar-refractivity contribution is -0.885. The Morgan fingerprint density at radius 1 is 1.32 bits per heavy atom. The van der Waals surface area contributed by atoms with E-state index in [2.05, 4.69) is 22.9 Å². The molecule has 0 fully saturated rings. The fourth-order valence-corrected chi connectivity index (χ4v) is 2.53. The standard InChI is InChI=1S/C17H27BrNO3/c1-4-5-10-22-13-16(20)11-19(2,3)12-17(21)14-6-8-15(18)9-7-14/h6-9,16,20H,4-5,10-13H2,1-3H3/q+1/t16-/m0/s1. The van der Waals surface area contributed by atoms with Gasteiger partial charge in [0.15, 0.2) is 0 Å². The normalized spacial score (nSPS) is 13.1. The van der Waals surface area contributed by atoms with Crippen LogP contribution in [-0.2, 0) is 4.74 Å². The quantitative estimate of drug-likeness (QED) is 0.390. The predicted octanol–water partition coefficient (Wildman–Crippen LogP) is 2.89. The number of carbonyl (C=O) groups excluding carboxylic acids is 1. The highest BCUT2D eigenvalue weighted by atomic mass is 79.9. The minimum absolute atomic E-state index is 0.0802. The largest absolute Gasteiger partial charge is 0.385 e. The molecule has 0 aliphatic heterocycles. The molecule has 4 nitrogen and oxygen atoms in total. The van der Waals surface area contributed by atoms with Gasteiger partial charge in [-0.15, -0.1) is 0 Å². The van der Waals surface area contributed by atoms with Crippen LogP contribution in [0, 0.1) is 0 Å². The van der Waals surface area contributed by atoms with Crippen molar-refractivity contribution in [1.29, 1.82) is 0 Å². The van der Waals surface area contributed by atoms with E-state index in [1.165, 1.54) is 0 Å². The van der Waals surface area contributed by atoms with E-state index >= 15 is 0 Å². The summed E-state index contributed by atoms with van der Waals surface area (Å²) >= 11 is 3.36. The summed E-state index contributed by atoms with van der Waals surface area (Å²) in [6.45, 7) is 3.96. The number of Topliss-reactive ketones (excluding diaryl/α,β-unsaturated/α-hetero) is 1. The minimum Gasteiger partial charge on any atom is -0.385 e. The zero-order valence-corrected chi connectivity index (χ0v) is 15.3. The number of halogens is 1. The van der Waals surface area contributed by atoms with Crippen molar-refractivity contribution in [1.82, 2.24) is 0 Å². The minimum atomic E-state index is -0.551. The molecule has 0 aromatic heterocycles. The van der Waals surface area contributed by atoms with Crippen molar-refractivity contribution >= 4 is 21.7 Å². The summed E-state index contributed by atoms with van der Waals surface area (Å²) < 4.78 is 6.83. The zero-order chi connectivity index (χ0) is 16.6. The van der Waals surface area contributed by atoms with Crippen LogP contribution in [0.15, 0.2) is 28.7 Å². The molecule has 0 saturated heterocycles. The number of carbonyl (C=O) groups is 1. The summed E-state index contributed by atoms with van der Waals surface area (Å²) in [5.74, 6) is 0.0802. The van der Waals surface area contributed by atoms with Gasteiger partial charge in [-0.25, -0.2) is 0 Å². The van der Waals surface area contributed by atoms with E-state index in [4.69, 9.17) is 4.74 Å². The van der Waals surface area contributed by atoms with Crippen molar-refractivity contribution in [2.75, 3.05) is 40.4 Å². The third-order valence-corrected chi connectivity index (χ3v) is 3.92. The molecular formula is C17H27BrNO3+. The molecule has 0 radical (unpaired) electrons. The van der Waals surface area contributed by atoms with Crippen molar-refractivity contribution in [3.05, 3.63) is 34.3 Å². The van der Waals surface area contributed by atoms with E-state index in [1.54, 1.807) is 0 Å². The van der Waals surface area contributed by atoms with Crippen LogP contribution in [0.2, 0.25) is 0 Å². The Hall–Kier alpha value is -0.750. The lowest BCUT2D eigenvalue weighted by Gasteiger charge is -2.31. The summed E-state index contributed by atoms with van der Waals surface area (Å²) in [4.78, 5) is 12.3. The Bertz CT molecular complexity index is 459. The van der Waals surface area contributed by atoms with Gasteiger partial charge in [0.2, 0.25) is 5.78 Å². The van der Waals surface area contributed by atoms with Crippen LogP contribution in [0.5, 0.6) is 0 Å². The van der Waals surface area contributed by atoms with E-state index in [0.717, 1.165) is 17.3 Å². The summed E-state index contributed by atoms with van der Waals surface area (Å²) in [5.41, 5.74) is 0.697. The van der Waals surface area contributed by atoms with Crippen molar-refractivity contribution in [2.24, 2.45) is 0 Å². The molecule has 0 spiro atoms. The molecule has 1 aromatic rings. The van der Waals surface area contributed by atoms with Crippen molar-refractivity contribution in [3.63, 3.8) is 0 Å². The molecule has 1 rings (SSSR count). The monoisotopic (exact) mass is 372 g/mol. The van der Waals surface area contributed by atoms with Gasteiger partial charge in [-0.2, -0.15) is 0 Å². The maximum absolute atomic E-state index is 12.3. The molecule has 5 heteroatoms. The average molecular weight is 373 g/mol. The fourth-order valence-electron chi connectivity index (χ4n) is 2.27. The van der Waals surface area contributed by atoms with Crippen molar-refractivity contribution < 1.29 is 19.1 Å². The highest BCUT2D eigenvalue weighted by Gasteiger charge is 2.24. The summed E-state index contributed by atoms with van der Waals surface area (Å²) in [7, 11) is 3.90. The number of nitrogens with zero attached hydrogens (tertiary/aromatic N) is 1. The van der Waals surface area contributed by atoms with Gasteiger partial charge in [0.1, 0.15) is 19.2 Å². The van der Waals surface area contributed by atoms with E-state index in [0.29, 0.717) is 36.3 Å². The van der Waals surface area contributed by atoms with Crippen LogP contribution in [-0.4, -0.2) is 61.9 Å². The van der Waals surface area contributed by atoms with Crippen LogP contribution in [0.4, 0.5) is 0 Å². The highest BCUT2D eigenvalue weighted by Crippen LogP contribution is 2.12. The topological polar surface area (TPSA) is 46.5 Å². The van der Waals surface area contributed by atoms with Crippen molar-refractivity contribution in [3.8, 4) is 0 Å². The number of ketones is 1. The molecule has 1 atom stereocenters. The van der Waals surface area contributed by atoms with Crippen LogP contribution in [0.1, 0.15) is 30.1 Å². The average Bonchev–Trinajstić information content (AvgIpc) is 2.43. The van der Waals surface area contributed by atoms with Crippen LogP contribution in [0.25, 0.3) is 0 Å². The molecule has 0 heterocycles. The third kappa shape index (κ3) is 7.49. The first kappa shape index (κ1) is 19.3. The first-order valence-electron chi connectivity index (χ1n) is 7.70. The van der Waals surface area contributed by atoms with Crippen molar-refractivity contribution in [2.45, 2.75) is 25.9 Å². The molecular weight excluding hydrogens is 346 g/mol. The van der Waals surface area contributed by atoms with Gasteiger partial charge < -0.3 is 14.3 Å². The third-order valence-electron chi connectivity index (χ3n) is 3.40. The number of quaternary nitrogens is 1. The fraction of sp³-hybridized carbons (Fsp3) is 0.588. The number of ether oxygens (including phenoxy) is 1. The Balaban J connectivity index is 2.44. The van der Waals surface area contributed by atoms with Crippen LogP contribution >= 0.6 is 15.9 Å². The highest BCUT2D eigenvalue weighted by molar-refractivity contribution is 9.10. The number of aliphatic hydroxyl groups is 1. The molecule has 124 valence electrons. The summed E-state index contributed by atoms with van der Waals surface area (Å²) in [6, 6.07) is 7.36. The lowest BCUT2D eigenvalue weighted by Crippen LogP contribution is -2.49. The van der Waals surface area contributed by atoms with E-state index in [-0.39, 0.29) is 5.78 Å². The number of likely N-dealkylation sites (N-methyl/N-ethyl adjacent to an activating group) is 1. The number of hydrogen-bond acceptors (Lipinski definition) is 3. The van der Waals surface area contributed by atoms with Gasteiger partial charge >= 0.3 is 0 Å². The molecule has 1 N–H and O–H groups in total. The summed E-state index contributed by atoms with van der Waals surface area (Å²) in [5, 5.41) is 10.0. The van der Waals surface area contributed by atoms with Gasteiger partial charge in [-0.05, 0) is 18.6 Å². The maximum atomic E-state index is 12.3. The first-order chi connectivity index (χ1) is 10.3. The molecule has 0 amide bonds. The SMILES string of the molecule is CCCCOC[C@@H](O)C[N+](C)(C)CC(=O)c1ccc(Br)cc1. The van der Waals surface area contributed by atoms with E-state index in [1.807, 2.05) is 38.4 Å². The van der Waals surface area contributed by atoms with Gasteiger partial charge in [0.25, 0.3) is 0 Å². The van der Waals surface area contributed by atoms with Gasteiger partial charge in [-0.3, -0.25) is 4.79 Å². The molecule has 0 saturated carbocycles. The Labute approximate surface area is 141 Å². The van der Waals surface area contributed by atoms with E-state index < -0.39 is 6.10 Å². The Kier molecular flexibility index (Phi) is 8.25. The molecule has 22 heavy (non-hydrogen) atoms. The smallest absolute Gasteiger partial charge is 0.216 e. The number of benzene rings is 1. The second kappa shape index (κ2) is 9.40. The predicted molar refractivity (Wildman–Crippen MR) is 92.0 cm³/mol. The van der Waals surface area contributed by atoms with Crippen LogP contribution < -0.4 is 0 Å². The first-order valence-corrected chi connectivity index (χ1v) is 8.50. The summed E-state index contributed by atoms with van der Waals surface area (Å²) in [6.07, 6.45) is 1.54. The zero-order valence-electron chi connectivity index (χ0n) is 13.7. The maximum Gasteiger partial charge on any atom is 0.216 e. The van der Waals surface area contributed by atoms with Gasteiger partial charge in [-0.1, -0.05) is 41.4 Å². The molecule has 0 bridgehead atoms. The molecule has 0 aliphatic rings. The van der Waals surface area contributed by atoms with Crippen LogP contribution in [0.3, 0.4) is 0 Å². The van der Waals surface area contributed by atoms with Gasteiger partial charge in [0.05, 0.1) is 20.7 Å². The lowest BCUT2D eigenvalue weighted by atomic mass is 10.1. The Morgan fingerprint density at radius 2 is 1.95 bits per heavy atom. The van der Waals surface area contributed by atoms with Gasteiger partial charge in [0, 0.05) is 16.6 Å². The second-order valence-electron chi connectivity index (χ2n) is 6.29. The molecule has 0 unspecified atom stereocenters. The number of aliphatic hydroxyl groups excluding tert-OH is 1.